The van der Waals surface area contributed by atoms with Crippen LogP contribution in [0.25, 0.3) is 0 Å². The molecule has 1 nitrogen and oxygen atoms in total. The number of hydrogen-bond acceptors (Lipinski definition) is 1. The summed E-state index contributed by atoms with van der Waals surface area (Å²) in [6.45, 7) is 14.9. The average Bonchev–Trinajstić information content (AvgIpc) is 1.98. The summed E-state index contributed by atoms with van der Waals surface area (Å²) in [6, 6.07) is 0.665. The first kappa shape index (κ1) is 10.7. The van der Waals surface area contributed by atoms with Crippen LogP contribution in [0.1, 0.15) is 27.7 Å². The molecule has 66 valence electrons. The van der Waals surface area contributed by atoms with E-state index in [1.807, 2.05) is 6.08 Å². The summed E-state index contributed by atoms with van der Waals surface area (Å²) in [4.78, 5) is 2.43. The van der Waals surface area contributed by atoms with E-state index in [9.17, 15) is 0 Å². The van der Waals surface area contributed by atoms with E-state index >= 15 is 0 Å². The van der Waals surface area contributed by atoms with Gasteiger partial charge in [0, 0.05) is 12.6 Å². The molecule has 0 N–H and O–H groups in total. The molecule has 0 fully saturated rings. The highest BCUT2D eigenvalue weighted by molar-refractivity contribution is 4.77. The summed E-state index contributed by atoms with van der Waals surface area (Å²) in [5.74, 6) is 0.731. The lowest BCUT2D eigenvalue weighted by molar-refractivity contribution is 0.196. The Bertz CT molecular complexity index is 107. The van der Waals surface area contributed by atoms with Crippen molar-refractivity contribution in [2.24, 2.45) is 5.92 Å². The highest BCUT2D eigenvalue weighted by atomic mass is 15.1. The Labute approximate surface area is 71.1 Å². The first-order chi connectivity index (χ1) is 5.13. The Morgan fingerprint density at radius 3 is 2.18 bits per heavy atom. The molecule has 0 heterocycles. The van der Waals surface area contributed by atoms with Crippen molar-refractivity contribution in [3.63, 3.8) is 0 Å². The van der Waals surface area contributed by atoms with Crippen LogP contribution in [-0.2, 0) is 0 Å². The van der Waals surface area contributed by atoms with Crippen LogP contribution in [-0.4, -0.2) is 24.0 Å². The second-order valence-corrected chi connectivity index (χ2v) is 3.36. The summed E-state index contributed by atoms with van der Waals surface area (Å²) < 4.78 is 0. The standard InChI is InChI=1S/C10H21N/c1-6-8-11(7-2)10(5)9(3)4/h6,9-10H,1,7-8H2,2-5H3. The first-order valence-electron chi connectivity index (χ1n) is 4.48. The molecule has 0 saturated heterocycles. The molecule has 0 aromatic carbocycles. The number of nitrogens with zero attached hydrogens (tertiary/aromatic N) is 1. The Morgan fingerprint density at radius 2 is 1.91 bits per heavy atom. The molecule has 1 unspecified atom stereocenters. The van der Waals surface area contributed by atoms with Gasteiger partial charge in [0.1, 0.15) is 0 Å². The Kier molecular flexibility index (Phi) is 5.22. The maximum atomic E-state index is 3.75. The van der Waals surface area contributed by atoms with Crippen molar-refractivity contribution in [3.05, 3.63) is 12.7 Å². The Balaban J connectivity index is 3.90. The van der Waals surface area contributed by atoms with Gasteiger partial charge in [0.25, 0.3) is 0 Å². The lowest BCUT2D eigenvalue weighted by Crippen LogP contribution is -2.36. The Hall–Kier alpha value is -0.300. The molecule has 0 amide bonds. The van der Waals surface area contributed by atoms with Crippen molar-refractivity contribution in [1.29, 1.82) is 0 Å². The smallest absolute Gasteiger partial charge is 0.0163 e. The largest absolute Gasteiger partial charge is 0.297 e. The van der Waals surface area contributed by atoms with E-state index in [4.69, 9.17) is 0 Å². The van der Waals surface area contributed by atoms with Gasteiger partial charge in [-0.25, -0.2) is 0 Å². The van der Waals surface area contributed by atoms with Crippen LogP contribution in [0.3, 0.4) is 0 Å². The van der Waals surface area contributed by atoms with E-state index < -0.39 is 0 Å². The third-order valence-electron chi connectivity index (χ3n) is 2.31. The molecule has 0 aliphatic rings. The van der Waals surface area contributed by atoms with Gasteiger partial charge in [-0.15, -0.1) is 6.58 Å². The van der Waals surface area contributed by atoms with Crippen LogP contribution >= 0.6 is 0 Å². The normalized spacial score (nSPS) is 14.0. The van der Waals surface area contributed by atoms with Crippen molar-refractivity contribution in [3.8, 4) is 0 Å². The summed E-state index contributed by atoms with van der Waals surface area (Å²) in [6.07, 6.45) is 1.97. The van der Waals surface area contributed by atoms with Crippen LogP contribution < -0.4 is 0 Å². The summed E-state index contributed by atoms with van der Waals surface area (Å²) in [5.41, 5.74) is 0. The zero-order valence-corrected chi connectivity index (χ0v) is 8.30. The van der Waals surface area contributed by atoms with Gasteiger partial charge in [0.05, 0.1) is 0 Å². The quantitative estimate of drug-likeness (QED) is 0.551. The second-order valence-electron chi connectivity index (χ2n) is 3.36. The van der Waals surface area contributed by atoms with Crippen molar-refractivity contribution >= 4 is 0 Å². The minimum Gasteiger partial charge on any atom is -0.297 e. The fourth-order valence-corrected chi connectivity index (χ4v) is 1.17. The van der Waals surface area contributed by atoms with Crippen LogP contribution in [0.2, 0.25) is 0 Å². The molecular formula is C10H21N. The Morgan fingerprint density at radius 1 is 1.36 bits per heavy atom. The molecule has 0 aliphatic carbocycles. The molecule has 0 spiro atoms. The van der Waals surface area contributed by atoms with Gasteiger partial charge in [-0.05, 0) is 19.4 Å². The lowest BCUT2D eigenvalue weighted by Gasteiger charge is -2.29. The summed E-state index contributed by atoms with van der Waals surface area (Å²) in [7, 11) is 0. The molecule has 1 atom stereocenters. The predicted octanol–water partition coefficient (Wildman–Crippen LogP) is 2.54. The van der Waals surface area contributed by atoms with Gasteiger partial charge in [-0.2, -0.15) is 0 Å². The molecule has 11 heavy (non-hydrogen) atoms. The van der Waals surface area contributed by atoms with Crippen molar-refractivity contribution < 1.29 is 0 Å². The van der Waals surface area contributed by atoms with Crippen molar-refractivity contribution in [2.45, 2.75) is 33.7 Å². The maximum absolute atomic E-state index is 3.75. The van der Waals surface area contributed by atoms with Gasteiger partial charge in [0.2, 0.25) is 0 Å². The zero-order valence-electron chi connectivity index (χ0n) is 8.30. The molecule has 0 rings (SSSR count). The zero-order chi connectivity index (χ0) is 8.85. The first-order valence-corrected chi connectivity index (χ1v) is 4.48. The highest BCUT2D eigenvalue weighted by Crippen LogP contribution is 2.08. The monoisotopic (exact) mass is 155 g/mol. The molecule has 0 aromatic heterocycles. The maximum Gasteiger partial charge on any atom is 0.0163 e. The lowest BCUT2D eigenvalue weighted by atomic mass is 10.0. The van der Waals surface area contributed by atoms with E-state index in [0.29, 0.717) is 6.04 Å². The summed E-state index contributed by atoms with van der Waals surface area (Å²) in [5, 5.41) is 0. The van der Waals surface area contributed by atoms with Crippen LogP contribution in [0.15, 0.2) is 12.7 Å². The fourth-order valence-electron chi connectivity index (χ4n) is 1.17. The van der Waals surface area contributed by atoms with Gasteiger partial charge in [0.15, 0.2) is 0 Å². The van der Waals surface area contributed by atoms with Gasteiger partial charge < -0.3 is 0 Å². The molecule has 0 aliphatic heterocycles. The number of hydrogen-bond donors (Lipinski definition) is 0. The van der Waals surface area contributed by atoms with Gasteiger partial charge in [-0.1, -0.05) is 26.8 Å². The fraction of sp³-hybridized carbons (Fsp3) is 0.800. The van der Waals surface area contributed by atoms with Crippen LogP contribution in [0.5, 0.6) is 0 Å². The van der Waals surface area contributed by atoms with Crippen LogP contribution in [0.4, 0.5) is 0 Å². The molecule has 0 radical (unpaired) electrons. The van der Waals surface area contributed by atoms with E-state index in [2.05, 4.69) is 39.2 Å². The highest BCUT2D eigenvalue weighted by Gasteiger charge is 2.13. The third-order valence-corrected chi connectivity index (χ3v) is 2.31. The molecule has 0 aromatic rings. The second kappa shape index (κ2) is 5.36. The predicted molar refractivity (Wildman–Crippen MR) is 51.7 cm³/mol. The average molecular weight is 155 g/mol. The number of likely N-dealkylation sites (N-methyl/N-ethyl adjacent to an activating group) is 1. The third kappa shape index (κ3) is 3.57. The van der Waals surface area contributed by atoms with E-state index in [1.165, 1.54) is 0 Å². The van der Waals surface area contributed by atoms with E-state index in [1.54, 1.807) is 0 Å². The molecular weight excluding hydrogens is 134 g/mol. The minimum absolute atomic E-state index is 0.665. The number of rotatable bonds is 5. The van der Waals surface area contributed by atoms with E-state index in [-0.39, 0.29) is 0 Å². The van der Waals surface area contributed by atoms with Crippen LogP contribution in [0, 0.1) is 5.92 Å². The van der Waals surface area contributed by atoms with Crippen molar-refractivity contribution in [2.75, 3.05) is 13.1 Å². The van der Waals surface area contributed by atoms with Gasteiger partial charge in [-0.3, -0.25) is 4.90 Å². The van der Waals surface area contributed by atoms with Crippen molar-refractivity contribution in [1.82, 2.24) is 4.90 Å². The molecule has 1 heteroatoms. The SMILES string of the molecule is C=CCN(CC)C(C)C(C)C. The topological polar surface area (TPSA) is 3.24 Å². The van der Waals surface area contributed by atoms with Gasteiger partial charge >= 0.3 is 0 Å². The molecule has 0 saturated carbocycles. The minimum atomic E-state index is 0.665. The van der Waals surface area contributed by atoms with E-state index in [0.717, 1.165) is 19.0 Å². The summed E-state index contributed by atoms with van der Waals surface area (Å²) >= 11 is 0. The molecule has 0 bridgehead atoms.